The van der Waals surface area contributed by atoms with E-state index in [1.54, 1.807) is 24.3 Å². The number of carbonyl (C=O) groups is 2. The first-order chi connectivity index (χ1) is 11.3. The van der Waals surface area contributed by atoms with E-state index < -0.39 is 30.6 Å². The number of alkyl halides is 3. The number of rotatable bonds is 5. The molecule has 0 spiro atoms. The van der Waals surface area contributed by atoms with E-state index in [2.05, 4.69) is 5.32 Å². The molecule has 0 saturated heterocycles. The van der Waals surface area contributed by atoms with E-state index in [9.17, 15) is 27.9 Å². The molecule has 2 amide bonds. The Kier molecular flexibility index (Phi) is 5.62. The van der Waals surface area contributed by atoms with E-state index in [4.69, 9.17) is 4.42 Å². The lowest BCUT2D eigenvalue weighted by molar-refractivity contribution is -0.146. The fourth-order valence-corrected chi connectivity index (χ4v) is 2.68. The Balaban J connectivity index is 1.84. The molecule has 6 nitrogen and oxygen atoms in total. The van der Waals surface area contributed by atoms with Crippen LogP contribution in [-0.4, -0.2) is 29.6 Å². The molecular weight excluding hydrogens is 349 g/mol. The first-order valence-corrected chi connectivity index (χ1v) is 7.51. The van der Waals surface area contributed by atoms with Gasteiger partial charge in [-0.15, -0.1) is 11.3 Å². The molecule has 3 N–H and O–H groups in total. The molecule has 2 heterocycles. The van der Waals surface area contributed by atoms with E-state index in [0.29, 0.717) is 15.5 Å². The normalized spacial score (nSPS) is 12.7. The number of carbonyl (C=O) groups excluding carboxylic acids is 2. The van der Waals surface area contributed by atoms with Crippen LogP contribution in [0, 0.1) is 0 Å². The molecule has 0 radical (unpaired) electrons. The largest absolute Gasteiger partial charge is 0.466 e. The number of hydrogen-bond donors (Lipinski definition) is 3. The smallest absolute Gasteiger partial charge is 0.405 e. The molecule has 0 aliphatic rings. The summed E-state index contributed by atoms with van der Waals surface area (Å²) in [5.41, 5.74) is 0. The molecule has 0 fully saturated rings. The van der Waals surface area contributed by atoms with Crippen molar-refractivity contribution in [1.82, 2.24) is 10.6 Å². The molecule has 0 saturated carbocycles. The Morgan fingerprint density at radius 3 is 2.54 bits per heavy atom. The minimum Gasteiger partial charge on any atom is -0.466 e. The number of aliphatic hydroxyl groups excluding tert-OH is 1. The van der Waals surface area contributed by atoms with Crippen LogP contribution < -0.4 is 10.6 Å². The van der Waals surface area contributed by atoms with Crippen LogP contribution in [-0.2, 0) is 16.1 Å². The van der Waals surface area contributed by atoms with Gasteiger partial charge in [0.05, 0.1) is 12.8 Å². The lowest BCUT2D eigenvalue weighted by Crippen LogP contribution is -2.43. The Labute approximate surface area is 138 Å². The summed E-state index contributed by atoms with van der Waals surface area (Å²) >= 11 is 1.17. The van der Waals surface area contributed by atoms with E-state index in [0.717, 1.165) is 0 Å². The first kappa shape index (κ1) is 18.0. The Morgan fingerprint density at radius 2 is 1.92 bits per heavy atom. The second kappa shape index (κ2) is 7.49. The Hall–Kier alpha value is -2.33. The zero-order valence-electron chi connectivity index (χ0n) is 12.1. The molecule has 0 aromatic carbocycles. The zero-order valence-corrected chi connectivity index (χ0v) is 12.9. The molecule has 0 bridgehead atoms. The molecule has 24 heavy (non-hydrogen) atoms. The summed E-state index contributed by atoms with van der Waals surface area (Å²) in [5, 5.41) is 13.7. The van der Waals surface area contributed by atoms with Crippen molar-refractivity contribution >= 4 is 23.2 Å². The predicted molar refractivity (Wildman–Crippen MR) is 78.0 cm³/mol. The van der Waals surface area contributed by atoms with Crippen LogP contribution >= 0.6 is 11.3 Å². The molecule has 2 rings (SSSR count). The third-order valence-electron chi connectivity index (χ3n) is 2.84. The maximum Gasteiger partial charge on any atom is 0.405 e. The van der Waals surface area contributed by atoms with Crippen LogP contribution in [0.1, 0.15) is 21.6 Å². The second-order valence-electron chi connectivity index (χ2n) is 4.70. The highest BCUT2D eigenvalue weighted by molar-refractivity contribution is 7.12. The highest BCUT2D eigenvalue weighted by atomic mass is 32.1. The van der Waals surface area contributed by atoms with E-state index >= 15 is 0 Å². The average molecular weight is 362 g/mol. The van der Waals surface area contributed by atoms with Gasteiger partial charge < -0.3 is 20.2 Å². The number of thiophene rings is 1. The van der Waals surface area contributed by atoms with E-state index in [1.807, 2.05) is 0 Å². The molecule has 2 aromatic heterocycles. The highest BCUT2D eigenvalue weighted by Crippen LogP contribution is 2.28. The second-order valence-corrected chi connectivity index (χ2v) is 5.90. The summed E-state index contributed by atoms with van der Waals surface area (Å²) in [7, 11) is 0. The predicted octanol–water partition coefficient (Wildman–Crippen LogP) is 1.72. The van der Waals surface area contributed by atoms with Crippen LogP contribution in [0.2, 0.25) is 0 Å². The van der Waals surface area contributed by atoms with Gasteiger partial charge in [0.25, 0.3) is 0 Å². The van der Waals surface area contributed by atoms with Crippen molar-refractivity contribution in [3.05, 3.63) is 46.0 Å². The average Bonchev–Trinajstić information content (AvgIpc) is 3.20. The van der Waals surface area contributed by atoms with Crippen LogP contribution in [0.15, 0.2) is 34.9 Å². The van der Waals surface area contributed by atoms with Crippen LogP contribution in [0.25, 0.3) is 0 Å². The maximum absolute atomic E-state index is 11.9. The van der Waals surface area contributed by atoms with Gasteiger partial charge in [0.15, 0.2) is 0 Å². The topological polar surface area (TPSA) is 91.6 Å². The Bertz CT molecular complexity index is 697. The highest BCUT2D eigenvalue weighted by Gasteiger charge is 2.29. The zero-order chi connectivity index (χ0) is 17.7. The van der Waals surface area contributed by atoms with Crippen LogP contribution in [0.3, 0.4) is 0 Å². The van der Waals surface area contributed by atoms with Gasteiger partial charge in [-0.1, -0.05) is 0 Å². The van der Waals surface area contributed by atoms with E-state index in [-0.39, 0.29) is 6.54 Å². The van der Waals surface area contributed by atoms with Gasteiger partial charge in [0.2, 0.25) is 0 Å². The van der Waals surface area contributed by atoms with Crippen molar-refractivity contribution in [3.63, 3.8) is 0 Å². The van der Waals surface area contributed by atoms with Crippen molar-refractivity contribution in [3.8, 4) is 0 Å². The lowest BCUT2D eigenvalue weighted by atomic mass is 10.2. The summed E-state index contributed by atoms with van der Waals surface area (Å²) in [4.78, 5) is 23.8. The Morgan fingerprint density at radius 1 is 1.21 bits per heavy atom. The minimum absolute atomic E-state index is 0.0478. The summed E-state index contributed by atoms with van der Waals surface area (Å²) in [5.74, 6) is -2.17. The van der Waals surface area contributed by atoms with Gasteiger partial charge in [-0.2, -0.15) is 13.2 Å². The maximum atomic E-state index is 11.9. The van der Waals surface area contributed by atoms with Crippen LogP contribution in [0.4, 0.5) is 13.2 Å². The lowest BCUT2D eigenvalue weighted by Gasteiger charge is -2.08. The quantitative estimate of drug-likeness (QED) is 0.707. The third kappa shape index (κ3) is 5.10. The number of aliphatic hydroxyl groups is 1. The van der Waals surface area contributed by atoms with Crippen molar-refractivity contribution in [1.29, 1.82) is 0 Å². The summed E-state index contributed by atoms with van der Waals surface area (Å²) in [6.45, 7) is -1.62. The SMILES string of the molecule is O=C(NCc1ccc(C(O)c2ccco2)s1)C(=O)NCC(F)(F)F. The van der Waals surface area contributed by atoms with Gasteiger partial charge in [0.1, 0.15) is 18.4 Å². The fraction of sp³-hybridized carbons (Fsp3) is 0.286. The van der Waals surface area contributed by atoms with Crippen molar-refractivity contribution in [2.75, 3.05) is 6.54 Å². The van der Waals surface area contributed by atoms with Gasteiger partial charge in [0, 0.05) is 9.75 Å². The van der Waals surface area contributed by atoms with Crippen molar-refractivity contribution < 1.29 is 32.3 Å². The van der Waals surface area contributed by atoms with Crippen molar-refractivity contribution in [2.45, 2.75) is 18.8 Å². The molecule has 0 aliphatic heterocycles. The number of hydrogen-bond acceptors (Lipinski definition) is 5. The summed E-state index contributed by atoms with van der Waals surface area (Å²) in [6.07, 6.45) is -4.11. The van der Waals surface area contributed by atoms with Gasteiger partial charge in [-0.25, -0.2) is 0 Å². The molecule has 130 valence electrons. The fourth-order valence-electron chi connectivity index (χ4n) is 1.73. The van der Waals surface area contributed by atoms with E-state index in [1.165, 1.54) is 22.9 Å². The number of halogens is 3. The molecular formula is C14H13F3N2O4S. The first-order valence-electron chi connectivity index (χ1n) is 6.69. The standard InChI is InChI=1S/C14H13F3N2O4S/c15-14(16,17)7-19-13(22)12(21)18-6-8-3-4-10(24-8)11(20)9-2-1-5-23-9/h1-5,11,20H,6-7H2,(H,18,21)(H,19,22). The summed E-state index contributed by atoms with van der Waals surface area (Å²) in [6, 6.07) is 6.49. The number of amides is 2. The molecule has 1 atom stereocenters. The number of nitrogens with one attached hydrogen (secondary N) is 2. The molecule has 1 unspecified atom stereocenters. The molecule has 10 heteroatoms. The minimum atomic E-state index is -4.58. The number of furan rings is 1. The molecule has 2 aromatic rings. The summed E-state index contributed by atoms with van der Waals surface area (Å²) < 4.78 is 40.9. The monoisotopic (exact) mass is 362 g/mol. The molecule has 0 aliphatic carbocycles. The van der Waals surface area contributed by atoms with Crippen molar-refractivity contribution in [2.24, 2.45) is 0 Å². The van der Waals surface area contributed by atoms with Gasteiger partial charge in [-0.05, 0) is 24.3 Å². The van der Waals surface area contributed by atoms with Crippen LogP contribution in [0.5, 0.6) is 0 Å². The van der Waals surface area contributed by atoms with Gasteiger partial charge >= 0.3 is 18.0 Å². The third-order valence-corrected chi connectivity index (χ3v) is 3.98. The van der Waals surface area contributed by atoms with Gasteiger partial charge in [-0.3, -0.25) is 9.59 Å².